The molecule has 1 fully saturated rings. The van der Waals surface area contributed by atoms with E-state index in [1.807, 2.05) is 7.05 Å². The van der Waals surface area contributed by atoms with E-state index >= 15 is 0 Å². The Balaban J connectivity index is 2.36. The molecule has 1 saturated heterocycles. The fourth-order valence-corrected chi connectivity index (χ4v) is 2.28. The van der Waals surface area contributed by atoms with Gasteiger partial charge in [0.05, 0.1) is 6.04 Å². The van der Waals surface area contributed by atoms with Crippen LogP contribution in [-0.4, -0.2) is 50.1 Å². The number of nitrogens with one attached hydrogen (secondary N) is 2. The summed E-state index contributed by atoms with van der Waals surface area (Å²) in [6.07, 6.45) is 3.04. The largest absolute Gasteiger partial charge is 0.352 e. The average molecular weight is 241 g/mol. The molecular formula is C13H27N3O. The van der Waals surface area contributed by atoms with E-state index in [0.29, 0.717) is 12.0 Å². The third-order valence-electron chi connectivity index (χ3n) is 3.44. The second-order valence-corrected chi connectivity index (χ2v) is 5.56. The highest BCUT2D eigenvalue weighted by Crippen LogP contribution is 2.10. The summed E-state index contributed by atoms with van der Waals surface area (Å²) < 4.78 is 0. The van der Waals surface area contributed by atoms with E-state index in [9.17, 15) is 4.79 Å². The van der Waals surface area contributed by atoms with Gasteiger partial charge in [0.2, 0.25) is 5.91 Å². The van der Waals surface area contributed by atoms with Crippen LogP contribution in [0.2, 0.25) is 0 Å². The molecule has 0 saturated carbocycles. The number of amides is 1. The normalized spacial score (nSPS) is 20.5. The second kappa shape index (κ2) is 6.97. The minimum absolute atomic E-state index is 0.0466. The molecule has 0 spiro atoms. The molecule has 100 valence electrons. The summed E-state index contributed by atoms with van der Waals surface area (Å²) in [7, 11) is 3.99. The van der Waals surface area contributed by atoms with Crippen molar-refractivity contribution in [1.29, 1.82) is 0 Å². The van der Waals surface area contributed by atoms with Gasteiger partial charge in [-0.1, -0.05) is 13.8 Å². The molecule has 2 N–H and O–H groups in total. The molecule has 1 unspecified atom stereocenters. The molecule has 0 aliphatic carbocycles. The molecule has 0 aromatic heterocycles. The smallest absolute Gasteiger partial charge is 0.237 e. The first-order valence-electron chi connectivity index (χ1n) is 6.69. The number of carbonyl (C=O) groups excluding carboxylic acids is 1. The van der Waals surface area contributed by atoms with Crippen molar-refractivity contribution in [2.75, 3.05) is 27.2 Å². The van der Waals surface area contributed by atoms with Crippen LogP contribution in [0.25, 0.3) is 0 Å². The van der Waals surface area contributed by atoms with Crippen molar-refractivity contribution >= 4 is 5.91 Å². The van der Waals surface area contributed by atoms with Gasteiger partial charge in [-0.3, -0.25) is 4.79 Å². The van der Waals surface area contributed by atoms with Gasteiger partial charge in [0, 0.05) is 6.04 Å². The number of hydrogen-bond acceptors (Lipinski definition) is 3. The SMILES string of the molecule is CNC(CC(C)C)C(=O)NC1CCN(C)CC1. The van der Waals surface area contributed by atoms with Crippen LogP contribution < -0.4 is 10.6 Å². The Kier molecular flexibility index (Phi) is 5.92. The molecule has 4 heteroatoms. The number of likely N-dealkylation sites (N-methyl/N-ethyl adjacent to an activating group) is 1. The summed E-state index contributed by atoms with van der Waals surface area (Å²) >= 11 is 0. The van der Waals surface area contributed by atoms with E-state index in [1.54, 1.807) is 0 Å². The Hall–Kier alpha value is -0.610. The van der Waals surface area contributed by atoms with Crippen molar-refractivity contribution in [3.8, 4) is 0 Å². The lowest BCUT2D eigenvalue weighted by Crippen LogP contribution is -2.50. The molecule has 17 heavy (non-hydrogen) atoms. The van der Waals surface area contributed by atoms with Gasteiger partial charge >= 0.3 is 0 Å². The summed E-state index contributed by atoms with van der Waals surface area (Å²) in [6.45, 7) is 6.46. The molecule has 1 rings (SSSR count). The first-order chi connectivity index (χ1) is 8.02. The van der Waals surface area contributed by atoms with Crippen molar-refractivity contribution in [1.82, 2.24) is 15.5 Å². The monoisotopic (exact) mass is 241 g/mol. The van der Waals surface area contributed by atoms with E-state index in [1.165, 1.54) is 0 Å². The molecule has 0 aromatic carbocycles. The fraction of sp³-hybridized carbons (Fsp3) is 0.923. The number of nitrogens with zero attached hydrogens (tertiary/aromatic N) is 1. The molecule has 1 heterocycles. The van der Waals surface area contributed by atoms with Crippen LogP contribution in [0.1, 0.15) is 33.1 Å². The molecule has 0 bridgehead atoms. The molecule has 4 nitrogen and oxygen atoms in total. The maximum absolute atomic E-state index is 12.1. The van der Waals surface area contributed by atoms with E-state index in [2.05, 4.69) is 36.4 Å². The molecule has 0 aromatic rings. The van der Waals surface area contributed by atoms with Crippen LogP contribution in [0.15, 0.2) is 0 Å². The zero-order valence-corrected chi connectivity index (χ0v) is 11.6. The second-order valence-electron chi connectivity index (χ2n) is 5.56. The Morgan fingerprint density at radius 1 is 1.35 bits per heavy atom. The fourth-order valence-electron chi connectivity index (χ4n) is 2.28. The predicted octanol–water partition coefficient (Wildman–Crippen LogP) is 0.831. The third kappa shape index (κ3) is 5.04. The van der Waals surface area contributed by atoms with Gasteiger partial charge in [-0.2, -0.15) is 0 Å². The number of hydrogen-bond donors (Lipinski definition) is 2. The van der Waals surface area contributed by atoms with Crippen molar-refractivity contribution in [3.63, 3.8) is 0 Å². The lowest BCUT2D eigenvalue weighted by molar-refractivity contribution is -0.124. The minimum atomic E-state index is -0.0466. The number of likely N-dealkylation sites (tertiary alicyclic amines) is 1. The zero-order valence-electron chi connectivity index (χ0n) is 11.6. The van der Waals surface area contributed by atoms with Gasteiger partial charge in [-0.25, -0.2) is 0 Å². The highest BCUT2D eigenvalue weighted by atomic mass is 16.2. The van der Waals surface area contributed by atoms with Crippen LogP contribution in [-0.2, 0) is 4.79 Å². The molecule has 1 atom stereocenters. The highest BCUT2D eigenvalue weighted by Gasteiger charge is 2.23. The lowest BCUT2D eigenvalue weighted by Gasteiger charge is -2.30. The summed E-state index contributed by atoms with van der Waals surface area (Å²) in [5, 5.41) is 6.28. The highest BCUT2D eigenvalue weighted by molar-refractivity contribution is 5.82. The summed E-state index contributed by atoms with van der Waals surface area (Å²) in [5.74, 6) is 0.700. The Labute approximate surface area is 105 Å². The standard InChI is InChI=1S/C13H27N3O/c1-10(2)9-12(14-3)13(17)15-11-5-7-16(4)8-6-11/h10-12,14H,5-9H2,1-4H3,(H,15,17). The van der Waals surface area contributed by atoms with Crippen LogP contribution in [0, 0.1) is 5.92 Å². The topological polar surface area (TPSA) is 44.4 Å². The van der Waals surface area contributed by atoms with Gasteiger partial charge in [0.1, 0.15) is 0 Å². The van der Waals surface area contributed by atoms with Gasteiger partial charge in [-0.05, 0) is 52.4 Å². The Morgan fingerprint density at radius 2 is 1.94 bits per heavy atom. The summed E-state index contributed by atoms with van der Waals surface area (Å²) in [6, 6.07) is 0.316. The van der Waals surface area contributed by atoms with Crippen LogP contribution in [0.3, 0.4) is 0 Å². The van der Waals surface area contributed by atoms with Crippen LogP contribution in [0.4, 0.5) is 0 Å². The summed E-state index contributed by atoms with van der Waals surface area (Å²) in [4.78, 5) is 14.4. The lowest BCUT2D eigenvalue weighted by atomic mass is 10.0. The first-order valence-corrected chi connectivity index (χ1v) is 6.69. The summed E-state index contributed by atoms with van der Waals surface area (Å²) in [5.41, 5.74) is 0. The van der Waals surface area contributed by atoms with Gasteiger partial charge in [0.15, 0.2) is 0 Å². The van der Waals surface area contributed by atoms with Gasteiger partial charge < -0.3 is 15.5 Å². The molecule has 1 aliphatic rings. The van der Waals surface area contributed by atoms with E-state index < -0.39 is 0 Å². The van der Waals surface area contributed by atoms with Crippen molar-refractivity contribution < 1.29 is 4.79 Å². The molecule has 1 amide bonds. The van der Waals surface area contributed by atoms with Crippen LogP contribution in [0.5, 0.6) is 0 Å². The molecule has 1 aliphatic heterocycles. The molecule has 0 radical (unpaired) electrons. The van der Waals surface area contributed by atoms with E-state index in [0.717, 1.165) is 32.4 Å². The van der Waals surface area contributed by atoms with Crippen molar-refractivity contribution in [3.05, 3.63) is 0 Å². The minimum Gasteiger partial charge on any atom is -0.352 e. The maximum Gasteiger partial charge on any atom is 0.237 e. The van der Waals surface area contributed by atoms with Crippen molar-refractivity contribution in [2.45, 2.75) is 45.2 Å². The quantitative estimate of drug-likeness (QED) is 0.749. The van der Waals surface area contributed by atoms with Crippen molar-refractivity contribution in [2.24, 2.45) is 5.92 Å². The maximum atomic E-state index is 12.1. The Morgan fingerprint density at radius 3 is 2.41 bits per heavy atom. The zero-order chi connectivity index (χ0) is 12.8. The first kappa shape index (κ1) is 14.5. The average Bonchev–Trinajstić information content (AvgIpc) is 2.28. The van der Waals surface area contributed by atoms with E-state index in [4.69, 9.17) is 0 Å². The van der Waals surface area contributed by atoms with Crippen LogP contribution >= 0.6 is 0 Å². The number of rotatable bonds is 5. The van der Waals surface area contributed by atoms with Gasteiger partial charge in [0.25, 0.3) is 0 Å². The van der Waals surface area contributed by atoms with E-state index in [-0.39, 0.29) is 11.9 Å². The molecular weight excluding hydrogens is 214 g/mol. The Bertz CT molecular complexity index is 235. The predicted molar refractivity (Wildman–Crippen MR) is 71.0 cm³/mol. The van der Waals surface area contributed by atoms with Gasteiger partial charge in [-0.15, -0.1) is 0 Å². The number of carbonyl (C=O) groups is 1. The number of piperidine rings is 1. The third-order valence-corrected chi connectivity index (χ3v) is 3.44.